The summed E-state index contributed by atoms with van der Waals surface area (Å²) in [5.74, 6) is 0. The Morgan fingerprint density at radius 3 is 2.67 bits per heavy atom. The van der Waals surface area contributed by atoms with Crippen LogP contribution < -0.4 is 4.31 Å². The van der Waals surface area contributed by atoms with Gasteiger partial charge in [-0.25, -0.2) is 4.98 Å². The number of nitriles is 1. The van der Waals surface area contributed by atoms with Crippen molar-refractivity contribution in [1.82, 2.24) is 9.55 Å². The lowest BCUT2D eigenvalue weighted by Crippen LogP contribution is -2.32. The predicted molar refractivity (Wildman–Crippen MR) is 93.4 cm³/mol. The van der Waals surface area contributed by atoms with E-state index in [1.807, 2.05) is 19.9 Å². The van der Waals surface area contributed by atoms with Gasteiger partial charge in [0.05, 0.1) is 30.1 Å². The van der Waals surface area contributed by atoms with Crippen molar-refractivity contribution >= 4 is 15.7 Å². The molecule has 0 bridgehead atoms. The van der Waals surface area contributed by atoms with Crippen molar-refractivity contribution in [1.29, 1.82) is 5.26 Å². The molecule has 6 nitrogen and oxygen atoms in total. The molecular weight excluding hydrogens is 381 g/mol. The smallest absolute Gasteiger partial charge is 0.333 e. The topological polar surface area (TPSA) is 79.0 Å². The van der Waals surface area contributed by atoms with Crippen molar-refractivity contribution in [2.75, 3.05) is 10.8 Å². The SMILES string of the molecule is CCC(C)n1cnc(S(=O)(=O)N(CCC#N)c2cccc(C(F)(F)F)c2)c1. The fourth-order valence-corrected chi connectivity index (χ4v) is 3.78. The van der Waals surface area contributed by atoms with Gasteiger partial charge >= 0.3 is 6.18 Å². The minimum absolute atomic E-state index is 0.0163. The van der Waals surface area contributed by atoms with E-state index in [2.05, 4.69) is 4.98 Å². The molecule has 0 saturated carbocycles. The highest BCUT2D eigenvalue weighted by atomic mass is 32.2. The lowest BCUT2D eigenvalue weighted by atomic mass is 10.2. The van der Waals surface area contributed by atoms with E-state index in [0.717, 1.165) is 28.9 Å². The molecule has 0 amide bonds. The molecule has 10 heteroatoms. The van der Waals surface area contributed by atoms with Crippen LogP contribution in [0.15, 0.2) is 41.8 Å². The first-order valence-corrected chi connectivity index (χ1v) is 9.65. The molecule has 0 N–H and O–H groups in total. The molecule has 2 rings (SSSR count). The second-order valence-electron chi connectivity index (χ2n) is 5.95. The van der Waals surface area contributed by atoms with E-state index in [-0.39, 0.29) is 29.7 Å². The number of alkyl halides is 3. The molecule has 1 aromatic carbocycles. The Labute approximate surface area is 155 Å². The molecule has 2 aromatic rings. The van der Waals surface area contributed by atoms with Gasteiger partial charge in [0.15, 0.2) is 5.03 Å². The molecule has 146 valence electrons. The Kier molecular flexibility index (Phi) is 6.15. The zero-order valence-corrected chi connectivity index (χ0v) is 15.6. The van der Waals surface area contributed by atoms with E-state index >= 15 is 0 Å². The number of sulfonamides is 1. The van der Waals surface area contributed by atoms with Crippen LogP contribution in [0, 0.1) is 11.3 Å². The second-order valence-corrected chi connectivity index (χ2v) is 7.76. The average Bonchev–Trinajstić information content (AvgIpc) is 3.12. The van der Waals surface area contributed by atoms with E-state index in [0.29, 0.717) is 0 Å². The van der Waals surface area contributed by atoms with E-state index in [4.69, 9.17) is 5.26 Å². The highest BCUT2D eigenvalue weighted by molar-refractivity contribution is 7.92. The zero-order chi connectivity index (χ0) is 20.2. The van der Waals surface area contributed by atoms with Crippen LogP contribution in [0.2, 0.25) is 0 Å². The number of hydrogen-bond donors (Lipinski definition) is 0. The van der Waals surface area contributed by atoms with Gasteiger partial charge in [0, 0.05) is 18.8 Å². The van der Waals surface area contributed by atoms with Crippen molar-refractivity contribution in [3.63, 3.8) is 0 Å². The first-order chi connectivity index (χ1) is 12.6. The number of rotatable bonds is 7. The number of nitrogens with zero attached hydrogens (tertiary/aromatic N) is 4. The van der Waals surface area contributed by atoms with Crippen LogP contribution in [-0.2, 0) is 16.2 Å². The summed E-state index contributed by atoms with van der Waals surface area (Å²) in [7, 11) is -4.23. The van der Waals surface area contributed by atoms with Gasteiger partial charge in [-0.15, -0.1) is 0 Å². The summed E-state index contributed by atoms with van der Waals surface area (Å²) in [6.45, 7) is 3.54. The lowest BCUT2D eigenvalue weighted by molar-refractivity contribution is -0.137. The van der Waals surface area contributed by atoms with Crippen LogP contribution in [0.3, 0.4) is 0 Å². The number of halogens is 3. The third-order valence-electron chi connectivity index (χ3n) is 4.12. The average molecular weight is 400 g/mol. The third-order valence-corrected chi connectivity index (χ3v) is 5.83. The van der Waals surface area contributed by atoms with Gasteiger partial charge in [0.1, 0.15) is 0 Å². The summed E-state index contributed by atoms with van der Waals surface area (Å²) in [6.07, 6.45) is -1.33. The molecule has 0 aliphatic heterocycles. The minimum Gasteiger partial charge on any atom is -0.333 e. The molecule has 0 spiro atoms. The number of benzene rings is 1. The summed E-state index contributed by atoms with van der Waals surface area (Å²) in [5, 5.41) is 8.54. The van der Waals surface area contributed by atoms with Crippen LogP contribution in [0.1, 0.15) is 38.3 Å². The van der Waals surface area contributed by atoms with Gasteiger partial charge in [0.2, 0.25) is 0 Å². The molecule has 1 heterocycles. The van der Waals surface area contributed by atoms with Crippen LogP contribution in [0.25, 0.3) is 0 Å². The maximum Gasteiger partial charge on any atom is 0.416 e. The lowest BCUT2D eigenvalue weighted by Gasteiger charge is -2.23. The number of aromatic nitrogens is 2. The highest BCUT2D eigenvalue weighted by Gasteiger charge is 2.33. The Morgan fingerprint density at radius 2 is 2.07 bits per heavy atom. The van der Waals surface area contributed by atoms with Crippen LogP contribution in [0.4, 0.5) is 18.9 Å². The number of anilines is 1. The van der Waals surface area contributed by atoms with Gasteiger partial charge in [-0.05, 0) is 31.5 Å². The molecule has 1 aromatic heterocycles. The quantitative estimate of drug-likeness (QED) is 0.704. The van der Waals surface area contributed by atoms with Crippen molar-refractivity contribution in [3.05, 3.63) is 42.4 Å². The maximum atomic E-state index is 13.0. The van der Waals surface area contributed by atoms with E-state index in [9.17, 15) is 21.6 Å². The van der Waals surface area contributed by atoms with Crippen LogP contribution in [0.5, 0.6) is 0 Å². The van der Waals surface area contributed by atoms with E-state index in [1.165, 1.54) is 18.6 Å². The monoisotopic (exact) mass is 400 g/mol. The summed E-state index contributed by atoms with van der Waals surface area (Å²) in [4.78, 5) is 3.91. The van der Waals surface area contributed by atoms with E-state index in [1.54, 1.807) is 4.57 Å². The van der Waals surface area contributed by atoms with E-state index < -0.39 is 21.8 Å². The van der Waals surface area contributed by atoms with Gasteiger partial charge in [-0.3, -0.25) is 4.31 Å². The molecule has 1 unspecified atom stereocenters. The molecule has 0 aliphatic rings. The zero-order valence-electron chi connectivity index (χ0n) is 14.8. The highest BCUT2D eigenvalue weighted by Crippen LogP contribution is 2.33. The summed E-state index contributed by atoms with van der Waals surface area (Å²) >= 11 is 0. The number of imidazole rings is 1. The molecule has 0 radical (unpaired) electrons. The molecule has 0 aliphatic carbocycles. The Hall–Kier alpha value is -2.54. The van der Waals surface area contributed by atoms with Gasteiger partial charge in [0.25, 0.3) is 10.0 Å². The van der Waals surface area contributed by atoms with Gasteiger partial charge < -0.3 is 4.57 Å². The minimum atomic E-state index is -4.61. The van der Waals surface area contributed by atoms with Crippen molar-refractivity contribution in [2.24, 2.45) is 0 Å². The van der Waals surface area contributed by atoms with Crippen LogP contribution >= 0.6 is 0 Å². The predicted octanol–water partition coefficient (Wildman–Crippen LogP) is 3.98. The Morgan fingerprint density at radius 1 is 1.37 bits per heavy atom. The first kappa shape index (κ1) is 20.8. The Bertz CT molecular complexity index is 932. The van der Waals surface area contributed by atoms with Crippen molar-refractivity contribution < 1.29 is 21.6 Å². The fraction of sp³-hybridized carbons (Fsp3) is 0.412. The maximum absolute atomic E-state index is 13.0. The van der Waals surface area contributed by atoms with Crippen LogP contribution in [-0.4, -0.2) is 24.5 Å². The van der Waals surface area contributed by atoms with Gasteiger partial charge in [-0.1, -0.05) is 13.0 Å². The first-order valence-electron chi connectivity index (χ1n) is 8.21. The standard InChI is InChI=1S/C17H19F3N4O2S/c1-3-13(2)23-11-16(22-12-23)27(25,26)24(9-5-8-21)15-7-4-6-14(10-15)17(18,19)20/h4,6-7,10-13H,3,5,9H2,1-2H3. The number of hydrogen-bond acceptors (Lipinski definition) is 4. The fourth-order valence-electron chi connectivity index (χ4n) is 2.39. The normalized spacial score (nSPS) is 13.2. The molecular formula is C17H19F3N4O2S. The molecule has 1 atom stereocenters. The molecule has 0 fully saturated rings. The van der Waals surface area contributed by atoms with Crippen molar-refractivity contribution in [3.8, 4) is 6.07 Å². The van der Waals surface area contributed by atoms with Crippen molar-refractivity contribution in [2.45, 2.75) is 43.9 Å². The summed E-state index contributed by atoms with van der Waals surface area (Å²) < 4.78 is 67.4. The summed E-state index contributed by atoms with van der Waals surface area (Å²) in [6, 6.07) is 5.83. The Balaban J connectivity index is 2.50. The largest absolute Gasteiger partial charge is 0.416 e. The molecule has 0 saturated heterocycles. The summed E-state index contributed by atoms with van der Waals surface area (Å²) in [5.41, 5.74) is -1.14. The van der Waals surface area contributed by atoms with Gasteiger partial charge in [-0.2, -0.15) is 26.9 Å². The second kappa shape index (κ2) is 8.00. The molecule has 27 heavy (non-hydrogen) atoms. The third kappa shape index (κ3) is 4.60.